The molecule has 1 saturated heterocycles. The fourth-order valence-electron chi connectivity index (χ4n) is 2.91. The monoisotopic (exact) mass is 391 g/mol. The zero-order chi connectivity index (χ0) is 18.9. The van der Waals surface area contributed by atoms with E-state index < -0.39 is 0 Å². The zero-order valence-corrected chi connectivity index (χ0v) is 16.4. The highest BCUT2D eigenvalue weighted by Gasteiger charge is 2.19. The summed E-state index contributed by atoms with van der Waals surface area (Å²) < 4.78 is 10.7. The molecule has 0 aliphatic carbocycles. The molecule has 0 spiro atoms. The molecule has 1 N–H and O–H groups in total. The van der Waals surface area contributed by atoms with E-state index in [2.05, 4.69) is 32.2 Å². The predicted octanol–water partition coefficient (Wildman–Crippen LogP) is 2.49. The average molecular weight is 392 g/mol. The fourth-order valence-corrected chi connectivity index (χ4v) is 3.03. The van der Waals surface area contributed by atoms with Gasteiger partial charge in [-0.05, 0) is 31.2 Å². The Morgan fingerprint density at radius 3 is 2.67 bits per heavy atom. The smallest absolute Gasteiger partial charge is 0.194 e. The molecular formula is C19H26ClN5O2. The topological polar surface area (TPSA) is 66.1 Å². The predicted molar refractivity (Wildman–Crippen MR) is 106 cm³/mol. The third-order valence-electron chi connectivity index (χ3n) is 4.38. The Morgan fingerprint density at radius 2 is 2.00 bits per heavy atom. The van der Waals surface area contributed by atoms with Gasteiger partial charge in [0, 0.05) is 50.4 Å². The molecule has 27 heavy (non-hydrogen) atoms. The number of hydrogen-bond donors (Lipinski definition) is 1. The summed E-state index contributed by atoms with van der Waals surface area (Å²) >= 11 is 5.89. The summed E-state index contributed by atoms with van der Waals surface area (Å²) in [4.78, 5) is 9.37. The second-order valence-corrected chi connectivity index (χ2v) is 6.73. The molecule has 0 radical (unpaired) electrons. The maximum atomic E-state index is 5.89. The molecule has 3 rings (SSSR count). The van der Waals surface area contributed by atoms with Gasteiger partial charge in [-0.2, -0.15) is 0 Å². The number of benzene rings is 1. The van der Waals surface area contributed by atoms with Gasteiger partial charge in [-0.1, -0.05) is 16.8 Å². The molecule has 0 bridgehead atoms. The van der Waals surface area contributed by atoms with Crippen LogP contribution in [0.5, 0.6) is 5.75 Å². The van der Waals surface area contributed by atoms with E-state index in [-0.39, 0.29) is 0 Å². The molecule has 7 nitrogen and oxygen atoms in total. The Morgan fingerprint density at radius 1 is 1.22 bits per heavy atom. The maximum absolute atomic E-state index is 5.89. The number of piperazine rings is 1. The Kier molecular flexibility index (Phi) is 7.36. The van der Waals surface area contributed by atoms with Crippen molar-refractivity contribution in [1.29, 1.82) is 0 Å². The van der Waals surface area contributed by atoms with Crippen molar-refractivity contribution in [2.75, 3.05) is 45.9 Å². The van der Waals surface area contributed by atoms with E-state index in [1.54, 1.807) is 6.26 Å². The standard InChI is InChI=1S/C19H26ClN5O2/c1-2-21-19(22-15-17-7-13-27-23-17)25-10-8-24(9-11-25)12-14-26-18-5-3-16(20)4-6-18/h3-7,13H,2,8-12,14-15H2,1H3,(H,21,22). The molecule has 2 aromatic rings. The van der Waals surface area contributed by atoms with Crippen LogP contribution >= 0.6 is 11.6 Å². The Hall–Kier alpha value is -2.25. The van der Waals surface area contributed by atoms with Crippen LogP contribution in [0.1, 0.15) is 12.6 Å². The van der Waals surface area contributed by atoms with Gasteiger partial charge in [-0.3, -0.25) is 4.90 Å². The number of aromatic nitrogens is 1. The van der Waals surface area contributed by atoms with Crippen LogP contribution in [0, 0.1) is 0 Å². The normalized spacial score (nSPS) is 15.8. The van der Waals surface area contributed by atoms with Crippen LogP contribution in [0.3, 0.4) is 0 Å². The first kappa shape index (κ1) is 19.5. The minimum atomic E-state index is 0.522. The molecule has 1 aromatic heterocycles. The second-order valence-electron chi connectivity index (χ2n) is 6.29. The van der Waals surface area contributed by atoms with Gasteiger partial charge in [0.2, 0.25) is 0 Å². The number of ether oxygens (including phenoxy) is 1. The number of hydrogen-bond acceptors (Lipinski definition) is 5. The summed E-state index contributed by atoms with van der Waals surface area (Å²) in [5.74, 6) is 1.78. The summed E-state index contributed by atoms with van der Waals surface area (Å²) in [6.45, 7) is 8.86. The lowest BCUT2D eigenvalue weighted by atomic mass is 10.3. The van der Waals surface area contributed by atoms with Gasteiger partial charge in [-0.15, -0.1) is 0 Å². The summed E-state index contributed by atoms with van der Waals surface area (Å²) in [6.07, 6.45) is 1.57. The van der Waals surface area contributed by atoms with Gasteiger partial charge in [-0.25, -0.2) is 4.99 Å². The lowest BCUT2D eigenvalue weighted by molar-refractivity contribution is 0.152. The molecule has 1 aliphatic heterocycles. The lowest BCUT2D eigenvalue weighted by Crippen LogP contribution is -2.53. The number of halogens is 1. The third-order valence-corrected chi connectivity index (χ3v) is 4.63. The molecule has 146 valence electrons. The van der Waals surface area contributed by atoms with E-state index in [0.717, 1.165) is 61.7 Å². The van der Waals surface area contributed by atoms with Crippen LogP contribution < -0.4 is 10.1 Å². The lowest BCUT2D eigenvalue weighted by Gasteiger charge is -2.36. The molecule has 1 aliphatic rings. The first-order chi connectivity index (χ1) is 13.2. The number of nitrogens with zero attached hydrogens (tertiary/aromatic N) is 4. The summed E-state index contributed by atoms with van der Waals surface area (Å²) in [5.41, 5.74) is 0.836. The van der Waals surface area contributed by atoms with Gasteiger partial charge in [0.15, 0.2) is 5.96 Å². The second kappa shape index (κ2) is 10.2. The first-order valence-electron chi connectivity index (χ1n) is 9.28. The SMILES string of the molecule is CCNC(=NCc1ccon1)N1CCN(CCOc2ccc(Cl)cc2)CC1. The zero-order valence-electron chi connectivity index (χ0n) is 15.6. The number of aliphatic imine (C=N–C) groups is 1. The highest BCUT2D eigenvalue weighted by Crippen LogP contribution is 2.15. The van der Waals surface area contributed by atoms with Gasteiger partial charge >= 0.3 is 0 Å². The molecular weight excluding hydrogens is 366 g/mol. The summed E-state index contributed by atoms with van der Waals surface area (Å²) in [6, 6.07) is 9.32. The molecule has 0 amide bonds. The average Bonchev–Trinajstić information content (AvgIpc) is 3.21. The van der Waals surface area contributed by atoms with E-state index in [1.165, 1.54) is 0 Å². The van der Waals surface area contributed by atoms with Gasteiger partial charge in [0.05, 0.1) is 6.54 Å². The van der Waals surface area contributed by atoms with Crippen LogP contribution in [0.4, 0.5) is 0 Å². The van der Waals surface area contributed by atoms with E-state index in [0.29, 0.717) is 13.2 Å². The Balaban J connectivity index is 1.42. The van der Waals surface area contributed by atoms with Gasteiger partial charge < -0.3 is 19.5 Å². The van der Waals surface area contributed by atoms with Crippen molar-refractivity contribution in [3.05, 3.63) is 47.3 Å². The molecule has 1 fully saturated rings. The van der Waals surface area contributed by atoms with Crippen LogP contribution in [0.25, 0.3) is 0 Å². The third kappa shape index (κ3) is 6.15. The van der Waals surface area contributed by atoms with Crippen LogP contribution in [-0.2, 0) is 6.54 Å². The number of nitrogens with one attached hydrogen (secondary N) is 1. The molecule has 0 saturated carbocycles. The molecule has 0 atom stereocenters. The highest BCUT2D eigenvalue weighted by molar-refractivity contribution is 6.30. The van der Waals surface area contributed by atoms with Crippen molar-refractivity contribution >= 4 is 17.6 Å². The van der Waals surface area contributed by atoms with E-state index in [9.17, 15) is 0 Å². The maximum Gasteiger partial charge on any atom is 0.194 e. The van der Waals surface area contributed by atoms with Crippen molar-refractivity contribution < 1.29 is 9.26 Å². The number of rotatable bonds is 7. The minimum Gasteiger partial charge on any atom is -0.492 e. The summed E-state index contributed by atoms with van der Waals surface area (Å²) in [5, 5.41) is 8.00. The molecule has 1 aromatic carbocycles. The highest BCUT2D eigenvalue weighted by atomic mass is 35.5. The van der Waals surface area contributed by atoms with Crippen molar-refractivity contribution in [2.24, 2.45) is 4.99 Å². The van der Waals surface area contributed by atoms with Crippen LogP contribution in [0.2, 0.25) is 5.02 Å². The van der Waals surface area contributed by atoms with Crippen molar-refractivity contribution in [3.63, 3.8) is 0 Å². The fraction of sp³-hybridized carbons (Fsp3) is 0.474. The van der Waals surface area contributed by atoms with E-state index >= 15 is 0 Å². The minimum absolute atomic E-state index is 0.522. The van der Waals surface area contributed by atoms with Crippen molar-refractivity contribution in [2.45, 2.75) is 13.5 Å². The van der Waals surface area contributed by atoms with E-state index in [1.807, 2.05) is 30.3 Å². The molecule has 8 heteroatoms. The Bertz CT molecular complexity index is 697. The van der Waals surface area contributed by atoms with Gasteiger partial charge in [0.25, 0.3) is 0 Å². The molecule has 0 unspecified atom stereocenters. The van der Waals surface area contributed by atoms with Crippen molar-refractivity contribution in [1.82, 2.24) is 20.3 Å². The summed E-state index contributed by atoms with van der Waals surface area (Å²) in [7, 11) is 0. The van der Waals surface area contributed by atoms with Crippen molar-refractivity contribution in [3.8, 4) is 5.75 Å². The first-order valence-corrected chi connectivity index (χ1v) is 9.65. The quantitative estimate of drug-likeness (QED) is 0.577. The van der Waals surface area contributed by atoms with Gasteiger partial charge in [0.1, 0.15) is 24.3 Å². The number of guanidine groups is 1. The largest absolute Gasteiger partial charge is 0.492 e. The van der Waals surface area contributed by atoms with Crippen LogP contribution in [0.15, 0.2) is 46.1 Å². The Labute approximate surface area is 164 Å². The van der Waals surface area contributed by atoms with Crippen LogP contribution in [-0.4, -0.2) is 66.8 Å². The van der Waals surface area contributed by atoms with E-state index in [4.69, 9.17) is 20.9 Å². The molecule has 2 heterocycles.